The molecule has 6 nitrogen and oxygen atoms in total. The summed E-state index contributed by atoms with van der Waals surface area (Å²) < 4.78 is 5.17. The molecule has 1 amide bonds. The highest BCUT2D eigenvalue weighted by Crippen LogP contribution is 2.28. The number of nitrogens with one attached hydrogen (secondary N) is 2. The van der Waals surface area contributed by atoms with Crippen molar-refractivity contribution in [2.45, 2.75) is 39.3 Å². The summed E-state index contributed by atoms with van der Waals surface area (Å²) in [6.45, 7) is 6.19. The maximum atomic E-state index is 11.7. The highest BCUT2D eigenvalue weighted by Gasteiger charge is 2.47. The van der Waals surface area contributed by atoms with Gasteiger partial charge in [-0.25, -0.2) is 0 Å². The van der Waals surface area contributed by atoms with E-state index in [1.807, 2.05) is 13.8 Å². The van der Waals surface area contributed by atoms with Crippen molar-refractivity contribution in [2.24, 2.45) is 5.41 Å². The van der Waals surface area contributed by atoms with Gasteiger partial charge in [0.25, 0.3) is 0 Å². The second-order valence-electron chi connectivity index (χ2n) is 5.05. The third-order valence-electron chi connectivity index (χ3n) is 3.50. The summed E-state index contributed by atoms with van der Waals surface area (Å²) in [4.78, 5) is 22.9. The zero-order valence-corrected chi connectivity index (χ0v) is 11.2. The Morgan fingerprint density at radius 2 is 2.22 bits per heavy atom. The van der Waals surface area contributed by atoms with Crippen molar-refractivity contribution in [2.75, 3.05) is 19.8 Å². The van der Waals surface area contributed by atoms with Crippen LogP contribution in [0.15, 0.2) is 0 Å². The average Bonchev–Trinajstić information content (AvgIpc) is 2.69. The Morgan fingerprint density at radius 3 is 2.78 bits per heavy atom. The fraction of sp³-hybridized carbons (Fsp3) is 0.833. The lowest BCUT2D eigenvalue weighted by Gasteiger charge is -2.25. The molecule has 0 radical (unpaired) electrons. The lowest BCUT2D eigenvalue weighted by Crippen LogP contribution is -2.52. The zero-order chi connectivity index (χ0) is 13.8. The number of aliphatic carboxylic acids is 1. The monoisotopic (exact) mass is 258 g/mol. The van der Waals surface area contributed by atoms with Crippen LogP contribution in [-0.4, -0.2) is 48.8 Å². The van der Waals surface area contributed by atoms with Gasteiger partial charge in [0.15, 0.2) is 0 Å². The smallest absolute Gasteiger partial charge is 0.313 e. The summed E-state index contributed by atoms with van der Waals surface area (Å²) >= 11 is 0. The van der Waals surface area contributed by atoms with Crippen molar-refractivity contribution >= 4 is 11.9 Å². The van der Waals surface area contributed by atoms with E-state index in [-0.39, 0.29) is 31.7 Å². The predicted molar refractivity (Wildman–Crippen MR) is 66.2 cm³/mol. The average molecular weight is 258 g/mol. The van der Waals surface area contributed by atoms with Crippen molar-refractivity contribution in [1.29, 1.82) is 0 Å². The molecule has 104 valence electrons. The number of carbonyl (C=O) groups excluding carboxylic acids is 1. The molecule has 3 atom stereocenters. The molecule has 0 aromatic rings. The van der Waals surface area contributed by atoms with E-state index >= 15 is 0 Å². The second-order valence-corrected chi connectivity index (χ2v) is 5.05. The van der Waals surface area contributed by atoms with Gasteiger partial charge >= 0.3 is 5.97 Å². The molecule has 0 saturated carbocycles. The third-order valence-corrected chi connectivity index (χ3v) is 3.50. The standard InChI is InChI=1S/C12H22N2O4/c1-4-8(2)13-5-10(15)14-9-6-18-7-12(9,3)11(16)17/h8-9,13H,4-7H2,1-3H3,(H,14,15)(H,16,17). The molecule has 0 aromatic carbocycles. The normalized spacial score (nSPS) is 28.9. The second kappa shape index (κ2) is 6.15. The largest absolute Gasteiger partial charge is 0.481 e. The summed E-state index contributed by atoms with van der Waals surface area (Å²) in [6, 6.07) is -0.206. The minimum atomic E-state index is -1.04. The molecule has 18 heavy (non-hydrogen) atoms. The van der Waals surface area contributed by atoms with Gasteiger partial charge in [-0.15, -0.1) is 0 Å². The molecule has 1 saturated heterocycles. The van der Waals surface area contributed by atoms with E-state index in [4.69, 9.17) is 9.84 Å². The van der Waals surface area contributed by atoms with Crippen LogP contribution in [0.1, 0.15) is 27.2 Å². The Morgan fingerprint density at radius 1 is 1.56 bits per heavy atom. The zero-order valence-electron chi connectivity index (χ0n) is 11.2. The van der Waals surface area contributed by atoms with E-state index in [9.17, 15) is 9.59 Å². The van der Waals surface area contributed by atoms with Crippen molar-refractivity contribution in [1.82, 2.24) is 10.6 Å². The first-order valence-electron chi connectivity index (χ1n) is 6.24. The summed E-state index contributed by atoms with van der Waals surface area (Å²) in [5, 5.41) is 15.0. The van der Waals surface area contributed by atoms with Crippen LogP contribution in [0.25, 0.3) is 0 Å². The molecule has 0 bridgehead atoms. The Bertz CT molecular complexity index is 321. The molecule has 1 rings (SSSR count). The van der Waals surface area contributed by atoms with Crippen LogP contribution in [0, 0.1) is 5.41 Å². The summed E-state index contributed by atoms with van der Waals surface area (Å²) in [7, 11) is 0. The van der Waals surface area contributed by atoms with E-state index in [1.54, 1.807) is 6.92 Å². The quantitative estimate of drug-likeness (QED) is 0.623. The molecule has 1 heterocycles. The summed E-state index contributed by atoms with van der Waals surface area (Å²) in [5.74, 6) is -1.14. The molecule has 0 aromatic heterocycles. The third kappa shape index (κ3) is 3.43. The molecule has 1 aliphatic rings. The van der Waals surface area contributed by atoms with Crippen molar-refractivity contribution in [3.05, 3.63) is 0 Å². The SMILES string of the molecule is CCC(C)NCC(=O)NC1COCC1(C)C(=O)O. The number of rotatable bonds is 6. The lowest BCUT2D eigenvalue weighted by molar-refractivity contribution is -0.149. The van der Waals surface area contributed by atoms with Gasteiger partial charge in [0.05, 0.1) is 25.8 Å². The maximum absolute atomic E-state index is 11.7. The number of hydrogen-bond donors (Lipinski definition) is 3. The van der Waals surface area contributed by atoms with Gasteiger partial charge in [-0.2, -0.15) is 0 Å². The first-order chi connectivity index (χ1) is 8.40. The molecule has 0 aliphatic carbocycles. The van der Waals surface area contributed by atoms with Gasteiger partial charge in [0.1, 0.15) is 5.41 Å². The van der Waals surface area contributed by atoms with Crippen LogP contribution in [-0.2, 0) is 14.3 Å². The van der Waals surface area contributed by atoms with Gasteiger partial charge in [0, 0.05) is 6.04 Å². The van der Waals surface area contributed by atoms with Gasteiger partial charge in [0.2, 0.25) is 5.91 Å². The first-order valence-corrected chi connectivity index (χ1v) is 6.24. The number of ether oxygens (including phenoxy) is 1. The summed E-state index contributed by atoms with van der Waals surface area (Å²) in [6.07, 6.45) is 0.937. The number of carboxylic acid groups (broad SMARTS) is 1. The van der Waals surface area contributed by atoms with Crippen LogP contribution < -0.4 is 10.6 Å². The van der Waals surface area contributed by atoms with Crippen LogP contribution in [0.4, 0.5) is 0 Å². The number of hydrogen-bond acceptors (Lipinski definition) is 4. The van der Waals surface area contributed by atoms with E-state index < -0.39 is 17.4 Å². The fourth-order valence-corrected chi connectivity index (χ4v) is 1.74. The van der Waals surface area contributed by atoms with E-state index in [0.717, 1.165) is 6.42 Å². The summed E-state index contributed by atoms with van der Waals surface area (Å²) in [5.41, 5.74) is -1.04. The maximum Gasteiger partial charge on any atom is 0.313 e. The Labute approximate surface area is 107 Å². The Balaban J connectivity index is 2.46. The van der Waals surface area contributed by atoms with Crippen molar-refractivity contribution < 1.29 is 19.4 Å². The molecule has 6 heteroatoms. The van der Waals surface area contributed by atoms with E-state index in [2.05, 4.69) is 10.6 Å². The van der Waals surface area contributed by atoms with Crippen LogP contribution in [0.3, 0.4) is 0 Å². The van der Waals surface area contributed by atoms with Gasteiger partial charge < -0.3 is 20.5 Å². The molecule has 3 N–H and O–H groups in total. The highest BCUT2D eigenvalue weighted by atomic mass is 16.5. The van der Waals surface area contributed by atoms with Gasteiger partial charge in [-0.05, 0) is 20.3 Å². The number of carboxylic acids is 1. The lowest BCUT2D eigenvalue weighted by atomic mass is 9.85. The Kier molecular flexibility index (Phi) is 5.10. The van der Waals surface area contributed by atoms with Crippen molar-refractivity contribution in [3.8, 4) is 0 Å². The minimum Gasteiger partial charge on any atom is -0.481 e. The highest BCUT2D eigenvalue weighted by molar-refractivity contribution is 5.81. The topological polar surface area (TPSA) is 87.7 Å². The predicted octanol–water partition coefficient (Wildman–Crippen LogP) is -0.0196. The van der Waals surface area contributed by atoms with Crippen LogP contribution in [0.5, 0.6) is 0 Å². The Hall–Kier alpha value is -1.14. The van der Waals surface area contributed by atoms with Gasteiger partial charge in [-0.3, -0.25) is 9.59 Å². The molecule has 1 fully saturated rings. The van der Waals surface area contributed by atoms with E-state index in [0.29, 0.717) is 0 Å². The number of amides is 1. The van der Waals surface area contributed by atoms with Crippen molar-refractivity contribution in [3.63, 3.8) is 0 Å². The fourth-order valence-electron chi connectivity index (χ4n) is 1.74. The van der Waals surface area contributed by atoms with E-state index in [1.165, 1.54) is 0 Å². The molecule has 1 aliphatic heterocycles. The minimum absolute atomic E-state index is 0.131. The van der Waals surface area contributed by atoms with Crippen LogP contribution in [0.2, 0.25) is 0 Å². The molecular weight excluding hydrogens is 236 g/mol. The molecular formula is C12H22N2O4. The molecule has 0 spiro atoms. The van der Waals surface area contributed by atoms with Crippen LogP contribution >= 0.6 is 0 Å². The molecule has 3 unspecified atom stereocenters. The first kappa shape index (κ1) is 14.9. The van der Waals surface area contributed by atoms with Gasteiger partial charge in [-0.1, -0.05) is 6.92 Å². The number of carbonyl (C=O) groups is 2.